The van der Waals surface area contributed by atoms with Gasteiger partial charge in [-0.05, 0) is 67.2 Å². The third-order valence-corrected chi connectivity index (χ3v) is 5.44. The van der Waals surface area contributed by atoms with Crippen molar-refractivity contribution in [1.29, 1.82) is 0 Å². The highest BCUT2D eigenvalue weighted by Gasteiger charge is 2.36. The lowest BCUT2D eigenvalue weighted by Gasteiger charge is -2.37. The first kappa shape index (κ1) is 25.5. The van der Waals surface area contributed by atoms with Gasteiger partial charge in [0, 0.05) is 31.2 Å². The van der Waals surface area contributed by atoms with Gasteiger partial charge in [-0.25, -0.2) is 14.6 Å². The van der Waals surface area contributed by atoms with Crippen molar-refractivity contribution in [3.05, 3.63) is 21.9 Å². The van der Waals surface area contributed by atoms with Gasteiger partial charge >= 0.3 is 17.9 Å². The van der Waals surface area contributed by atoms with Gasteiger partial charge in [-0.2, -0.15) is 0 Å². The summed E-state index contributed by atoms with van der Waals surface area (Å²) in [5.41, 5.74) is -0.288. The molecule has 1 unspecified atom stereocenters. The number of carbonyl (C=O) groups excluding carboxylic acids is 2. The summed E-state index contributed by atoms with van der Waals surface area (Å²) in [6.07, 6.45) is 2.84. The zero-order chi connectivity index (χ0) is 25.3. The number of hydrogen-bond donors (Lipinski definition) is 1. The lowest BCUT2D eigenvalue weighted by atomic mass is 9.99. The smallest absolute Gasteiger partial charge is 0.416 e. The Morgan fingerprint density at radius 2 is 1.79 bits per heavy atom. The minimum absolute atomic E-state index is 0.109. The maximum absolute atomic E-state index is 12.8. The average molecular weight is 478 g/mol. The van der Waals surface area contributed by atoms with E-state index in [1.165, 1.54) is 11.1 Å². The minimum Gasteiger partial charge on any atom is -0.444 e. The van der Waals surface area contributed by atoms with Crippen LogP contribution in [0, 0.1) is 10.1 Å². The number of nitro groups is 1. The molecule has 3 rings (SSSR count). The number of hydrogen-bond acceptors (Lipinski definition) is 8. The number of amides is 2. The Kier molecular flexibility index (Phi) is 7.23. The van der Waals surface area contributed by atoms with Gasteiger partial charge in [0.1, 0.15) is 28.9 Å². The number of fused-ring (bicyclic) bond motifs is 1. The molecule has 0 aliphatic carbocycles. The Morgan fingerprint density at radius 1 is 1.12 bits per heavy atom. The summed E-state index contributed by atoms with van der Waals surface area (Å²) in [4.78, 5) is 44.3. The van der Waals surface area contributed by atoms with Crippen LogP contribution in [0.5, 0.6) is 0 Å². The van der Waals surface area contributed by atoms with E-state index in [0.717, 1.165) is 12.8 Å². The zero-order valence-corrected chi connectivity index (χ0v) is 20.8. The van der Waals surface area contributed by atoms with E-state index >= 15 is 0 Å². The normalized spacial score (nSPS) is 18.7. The lowest BCUT2D eigenvalue weighted by Crippen LogP contribution is -2.49. The van der Waals surface area contributed by atoms with Crippen molar-refractivity contribution in [1.82, 2.24) is 10.3 Å². The van der Waals surface area contributed by atoms with E-state index in [1.807, 2.05) is 4.90 Å². The quantitative estimate of drug-likeness (QED) is 0.507. The summed E-state index contributed by atoms with van der Waals surface area (Å²) in [7, 11) is 0. The van der Waals surface area contributed by atoms with E-state index in [-0.39, 0.29) is 11.7 Å². The summed E-state index contributed by atoms with van der Waals surface area (Å²) in [6.45, 7) is 12.2. The molecule has 0 saturated carbocycles. The Labute approximate surface area is 199 Å². The molecular weight excluding hydrogens is 442 g/mol. The predicted octanol–water partition coefficient (Wildman–Crippen LogP) is 4.17. The van der Waals surface area contributed by atoms with Crippen LogP contribution in [0.1, 0.15) is 66.4 Å². The number of ether oxygens (including phenoxy) is 2. The second-order valence-corrected chi connectivity index (χ2v) is 10.7. The van der Waals surface area contributed by atoms with Crippen molar-refractivity contribution in [3.8, 4) is 0 Å². The number of piperidine rings is 1. The topological polar surface area (TPSA) is 127 Å². The highest BCUT2D eigenvalue weighted by molar-refractivity contribution is 5.90. The highest BCUT2D eigenvalue weighted by atomic mass is 16.6. The predicted molar refractivity (Wildman–Crippen MR) is 127 cm³/mol. The zero-order valence-electron chi connectivity index (χ0n) is 20.8. The number of aromatic nitrogens is 1. The summed E-state index contributed by atoms with van der Waals surface area (Å²) in [5, 5.41) is 14.8. The van der Waals surface area contributed by atoms with Crippen LogP contribution in [0.4, 0.5) is 26.8 Å². The molecule has 0 aromatic carbocycles. The maximum atomic E-state index is 12.8. The molecule has 188 valence electrons. The average Bonchev–Trinajstić information content (AvgIpc) is 2.69. The molecule has 1 N–H and O–H groups in total. The number of pyridine rings is 1. The fourth-order valence-electron chi connectivity index (χ4n) is 4.26. The third kappa shape index (κ3) is 6.27. The Bertz CT molecular complexity index is 952. The molecule has 3 heterocycles. The van der Waals surface area contributed by atoms with Crippen molar-refractivity contribution in [2.45, 2.75) is 84.5 Å². The fourth-order valence-corrected chi connectivity index (χ4v) is 4.26. The molecule has 0 radical (unpaired) electrons. The van der Waals surface area contributed by atoms with Gasteiger partial charge in [-0.1, -0.05) is 0 Å². The van der Waals surface area contributed by atoms with E-state index in [2.05, 4.69) is 10.3 Å². The van der Waals surface area contributed by atoms with Gasteiger partial charge in [0.15, 0.2) is 0 Å². The van der Waals surface area contributed by atoms with Gasteiger partial charge in [-0.3, -0.25) is 15.0 Å². The molecule has 1 aromatic rings. The van der Waals surface area contributed by atoms with Crippen LogP contribution >= 0.6 is 0 Å². The molecule has 0 bridgehead atoms. The molecule has 1 saturated heterocycles. The number of nitrogens with zero attached hydrogens (tertiary/aromatic N) is 4. The number of alkyl carbamates (subject to hydrolysis) is 1. The Balaban J connectivity index is 1.91. The molecule has 2 amide bonds. The van der Waals surface area contributed by atoms with Crippen LogP contribution in [0.3, 0.4) is 0 Å². The molecule has 11 heteroatoms. The first-order valence-corrected chi connectivity index (χ1v) is 11.7. The number of anilines is 2. The van der Waals surface area contributed by atoms with Crippen molar-refractivity contribution >= 4 is 29.4 Å². The molecule has 2 aliphatic heterocycles. The van der Waals surface area contributed by atoms with Gasteiger partial charge in [0.2, 0.25) is 0 Å². The second kappa shape index (κ2) is 9.63. The standard InChI is InChI=1S/C23H35N5O6/c1-22(2,3)33-20(29)25-15-9-7-11-26(14-15)18-16-10-8-12-27(21(30)34-23(4,5)6)19(16)24-13-17(18)28(31)32/h13,15H,7-12,14H2,1-6H3,(H,25,29). The third-order valence-electron chi connectivity index (χ3n) is 5.44. The van der Waals surface area contributed by atoms with E-state index < -0.39 is 28.3 Å². The summed E-state index contributed by atoms with van der Waals surface area (Å²) >= 11 is 0. The van der Waals surface area contributed by atoms with Crippen LogP contribution in [0.2, 0.25) is 0 Å². The number of carbonyl (C=O) groups is 2. The van der Waals surface area contributed by atoms with Crippen molar-refractivity contribution in [2.24, 2.45) is 0 Å². The van der Waals surface area contributed by atoms with Gasteiger partial charge in [0.05, 0.1) is 4.92 Å². The van der Waals surface area contributed by atoms with Crippen LogP contribution in [-0.4, -0.2) is 59.0 Å². The first-order chi connectivity index (χ1) is 15.7. The Morgan fingerprint density at radius 3 is 2.41 bits per heavy atom. The van der Waals surface area contributed by atoms with Gasteiger partial charge < -0.3 is 19.7 Å². The van der Waals surface area contributed by atoms with Gasteiger partial charge in [-0.15, -0.1) is 0 Å². The fraction of sp³-hybridized carbons (Fsp3) is 0.696. The SMILES string of the molecule is CC(C)(C)OC(=O)NC1CCCN(c2c([N+](=O)[O-])cnc3c2CCCN3C(=O)OC(C)(C)C)C1. The molecule has 1 aromatic heterocycles. The summed E-state index contributed by atoms with van der Waals surface area (Å²) in [6, 6.07) is -0.224. The molecule has 0 spiro atoms. The van der Waals surface area contributed by atoms with E-state index in [9.17, 15) is 19.7 Å². The molecule has 11 nitrogen and oxygen atoms in total. The first-order valence-electron chi connectivity index (χ1n) is 11.7. The van der Waals surface area contributed by atoms with Crippen molar-refractivity contribution in [3.63, 3.8) is 0 Å². The highest BCUT2D eigenvalue weighted by Crippen LogP contribution is 2.41. The lowest BCUT2D eigenvalue weighted by molar-refractivity contribution is -0.384. The van der Waals surface area contributed by atoms with Crippen LogP contribution < -0.4 is 15.1 Å². The molecule has 34 heavy (non-hydrogen) atoms. The number of nitrogens with one attached hydrogen (secondary N) is 1. The second-order valence-electron chi connectivity index (χ2n) is 10.7. The van der Waals surface area contributed by atoms with Crippen LogP contribution in [-0.2, 0) is 15.9 Å². The monoisotopic (exact) mass is 477 g/mol. The Hall–Kier alpha value is -3.11. The molecule has 1 fully saturated rings. The van der Waals surface area contributed by atoms with Crippen LogP contribution in [0.25, 0.3) is 0 Å². The molecule has 2 aliphatic rings. The van der Waals surface area contributed by atoms with Crippen molar-refractivity contribution in [2.75, 3.05) is 29.4 Å². The molecular formula is C23H35N5O6. The van der Waals surface area contributed by atoms with E-state index in [4.69, 9.17) is 9.47 Å². The van der Waals surface area contributed by atoms with E-state index in [0.29, 0.717) is 49.5 Å². The van der Waals surface area contributed by atoms with E-state index in [1.54, 1.807) is 41.5 Å². The summed E-state index contributed by atoms with van der Waals surface area (Å²) < 4.78 is 10.9. The van der Waals surface area contributed by atoms with Crippen LogP contribution in [0.15, 0.2) is 6.20 Å². The molecule has 1 atom stereocenters. The minimum atomic E-state index is -0.675. The largest absolute Gasteiger partial charge is 0.444 e. The summed E-state index contributed by atoms with van der Waals surface area (Å²) in [5.74, 6) is 0.392. The van der Waals surface area contributed by atoms with Gasteiger partial charge in [0.25, 0.3) is 0 Å². The number of rotatable bonds is 3. The van der Waals surface area contributed by atoms with Crippen molar-refractivity contribution < 1.29 is 24.0 Å². The maximum Gasteiger partial charge on any atom is 0.416 e.